The van der Waals surface area contributed by atoms with Crippen LogP contribution in [0.15, 0.2) is 23.1 Å². The monoisotopic (exact) mass is 301 g/mol. The molecule has 0 unspecified atom stereocenters. The largest absolute Gasteiger partial charge is 0.326 e. The number of hydrogen-bond donors (Lipinski definition) is 2. The Labute approximate surface area is 118 Å². The first-order valence-corrected chi connectivity index (χ1v) is 7.59. The Bertz CT molecular complexity index is 593. The number of rotatable bonds is 5. The normalized spacial score (nSPS) is 13.3. The van der Waals surface area contributed by atoms with E-state index in [1.165, 1.54) is 18.2 Å². The fraction of sp³-hybridized carbons (Fsp3) is 0.417. The zero-order chi connectivity index (χ0) is 14.6. The first-order valence-electron chi connectivity index (χ1n) is 5.73. The maximum absolute atomic E-state index is 12.0. The molecule has 5 nitrogen and oxygen atoms in total. The number of nitrogens with two attached hydrogens (primary N) is 1. The van der Waals surface area contributed by atoms with Gasteiger partial charge in [0.1, 0.15) is 6.07 Å². The molecule has 0 radical (unpaired) electrons. The summed E-state index contributed by atoms with van der Waals surface area (Å²) in [5.74, 6) is 0.173. The number of benzene rings is 1. The molecule has 0 spiro atoms. The summed E-state index contributed by atoms with van der Waals surface area (Å²) in [6.07, 6.45) is 0. The molecule has 0 aliphatic rings. The van der Waals surface area contributed by atoms with Crippen LogP contribution >= 0.6 is 11.6 Å². The van der Waals surface area contributed by atoms with Crippen LogP contribution in [0.25, 0.3) is 0 Å². The lowest BCUT2D eigenvalue weighted by Crippen LogP contribution is -2.40. The number of hydrogen-bond acceptors (Lipinski definition) is 4. The molecule has 0 fully saturated rings. The van der Waals surface area contributed by atoms with Crippen LogP contribution in [0.4, 0.5) is 0 Å². The van der Waals surface area contributed by atoms with Gasteiger partial charge in [0.05, 0.1) is 15.5 Å². The third kappa shape index (κ3) is 4.18. The van der Waals surface area contributed by atoms with Crippen molar-refractivity contribution in [3.05, 3.63) is 28.8 Å². The molecule has 0 aliphatic heterocycles. The summed E-state index contributed by atoms with van der Waals surface area (Å²) >= 11 is 5.81. The van der Waals surface area contributed by atoms with Crippen molar-refractivity contribution < 1.29 is 8.42 Å². The van der Waals surface area contributed by atoms with Crippen LogP contribution < -0.4 is 10.5 Å². The van der Waals surface area contributed by atoms with Crippen LogP contribution in [-0.2, 0) is 10.0 Å². The molecule has 1 aromatic carbocycles. The average Bonchev–Trinajstić information content (AvgIpc) is 2.35. The van der Waals surface area contributed by atoms with Crippen molar-refractivity contribution in [2.75, 3.05) is 6.54 Å². The summed E-state index contributed by atoms with van der Waals surface area (Å²) in [5, 5.41) is 8.84. The van der Waals surface area contributed by atoms with Crippen molar-refractivity contribution in [3.63, 3.8) is 0 Å². The highest BCUT2D eigenvalue weighted by Gasteiger charge is 2.17. The Morgan fingerprint density at radius 2 is 2.11 bits per heavy atom. The second-order valence-corrected chi connectivity index (χ2v) is 6.69. The Morgan fingerprint density at radius 3 is 2.58 bits per heavy atom. The third-order valence-electron chi connectivity index (χ3n) is 2.74. The van der Waals surface area contributed by atoms with Gasteiger partial charge in [-0.1, -0.05) is 25.4 Å². The van der Waals surface area contributed by atoms with Gasteiger partial charge < -0.3 is 5.73 Å². The first kappa shape index (κ1) is 15.9. The molecular weight excluding hydrogens is 286 g/mol. The van der Waals surface area contributed by atoms with E-state index >= 15 is 0 Å². The second-order valence-electron chi connectivity index (χ2n) is 4.51. The van der Waals surface area contributed by atoms with Gasteiger partial charge in [-0.15, -0.1) is 0 Å². The van der Waals surface area contributed by atoms with Gasteiger partial charge in [0.2, 0.25) is 10.0 Å². The van der Waals surface area contributed by atoms with E-state index in [0.29, 0.717) is 0 Å². The Kier molecular flexibility index (Phi) is 5.32. The summed E-state index contributed by atoms with van der Waals surface area (Å²) in [6.45, 7) is 3.98. The fourth-order valence-electron chi connectivity index (χ4n) is 1.28. The SMILES string of the molecule is CC(C)[C@H](N)CNS(=O)(=O)c1ccc(C#N)c(Cl)c1. The Morgan fingerprint density at radius 1 is 1.47 bits per heavy atom. The molecule has 104 valence electrons. The van der Waals surface area contributed by atoms with Crippen LogP contribution in [0.1, 0.15) is 19.4 Å². The number of nitriles is 1. The molecule has 0 heterocycles. The quantitative estimate of drug-likeness (QED) is 0.861. The number of sulfonamides is 1. The second kappa shape index (κ2) is 6.35. The van der Waals surface area contributed by atoms with E-state index in [0.717, 1.165) is 0 Å². The van der Waals surface area contributed by atoms with Crippen molar-refractivity contribution in [3.8, 4) is 6.07 Å². The van der Waals surface area contributed by atoms with Gasteiger partial charge in [0.15, 0.2) is 0 Å². The van der Waals surface area contributed by atoms with Gasteiger partial charge in [-0.2, -0.15) is 5.26 Å². The molecule has 1 atom stereocenters. The van der Waals surface area contributed by atoms with E-state index in [2.05, 4.69) is 4.72 Å². The molecule has 0 saturated heterocycles. The summed E-state index contributed by atoms with van der Waals surface area (Å²) in [7, 11) is -3.66. The molecule has 7 heteroatoms. The molecule has 0 aromatic heterocycles. The molecular formula is C12H16ClN3O2S. The number of nitrogens with one attached hydrogen (secondary N) is 1. The predicted molar refractivity (Wildman–Crippen MR) is 74.2 cm³/mol. The van der Waals surface area contributed by atoms with Crippen LogP contribution in [0.3, 0.4) is 0 Å². The summed E-state index contributed by atoms with van der Waals surface area (Å²) in [5.41, 5.74) is 6.02. The van der Waals surface area contributed by atoms with Gasteiger partial charge in [0.25, 0.3) is 0 Å². The zero-order valence-corrected chi connectivity index (χ0v) is 12.3. The average molecular weight is 302 g/mol. The van der Waals surface area contributed by atoms with Crippen molar-refractivity contribution in [2.45, 2.75) is 24.8 Å². The molecule has 0 bridgehead atoms. The maximum Gasteiger partial charge on any atom is 0.240 e. The van der Waals surface area contributed by atoms with E-state index in [9.17, 15) is 8.42 Å². The van der Waals surface area contributed by atoms with Crippen molar-refractivity contribution in [2.24, 2.45) is 11.7 Å². The number of nitrogens with zero attached hydrogens (tertiary/aromatic N) is 1. The molecule has 0 saturated carbocycles. The van der Waals surface area contributed by atoms with E-state index in [1.54, 1.807) is 0 Å². The van der Waals surface area contributed by atoms with E-state index < -0.39 is 10.0 Å². The predicted octanol–water partition coefficient (Wildman–Crippen LogP) is 1.47. The van der Waals surface area contributed by atoms with Gasteiger partial charge in [-0.3, -0.25) is 0 Å². The molecule has 1 rings (SSSR count). The zero-order valence-electron chi connectivity index (χ0n) is 10.7. The van der Waals surface area contributed by atoms with Gasteiger partial charge in [-0.05, 0) is 24.1 Å². The highest BCUT2D eigenvalue weighted by molar-refractivity contribution is 7.89. The molecule has 1 aromatic rings. The lowest BCUT2D eigenvalue weighted by Gasteiger charge is -2.16. The molecule has 19 heavy (non-hydrogen) atoms. The van der Waals surface area contributed by atoms with Gasteiger partial charge in [-0.25, -0.2) is 13.1 Å². The third-order valence-corrected chi connectivity index (χ3v) is 4.47. The van der Waals surface area contributed by atoms with Gasteiger partial charge in [0, 0.05) is 12.6 Å². The first-order chi connectivity index (χ1) is 8.77. The van der Waals surface area contributed by atoms with Crippen molar-refractivity contribution in [1.29, 1.82) is 5.26 Å². The van der Waals surface area contributed by atoms with Crippen molar-refractivity contribution >= 4 is 21.6 Å². The molecule has 3 N–H and O–H groups in total. The smallest absolute Gasteiger partial charge is 0.240 e. The molecule has 0 amide bonds. The Balaban J connectivity index is 2.90. The van der Waals surface area contributed by atoms with E-state index in [4.69, 9.17) is 22.6 Å². The van der Waals surface area contributed by atoms with E-state index in [1.807, 2.05) is 19.9 Å². The summed E-state index contributed by atoms with van der Waals surface area (Å²) in [4.78, 5) is 0.0208. The van der Waals surface area contributed by atoms with Crippen LogP contribution in [0.5, 0.6) is 0 Å². The Hall–Kier alpha value is -1.13. The minimum atomic E-state index is -3.66. The lowest BCUT2D eigenvalue weighted by molar-refractivity contribution is 0.481. The summed E-state index contributed by atoms with van der Waals surface area (Å²) < 4.78 is 26.4. The van der Waals surface area contributed by atoms with Crippen LogP contribution in [-0.4, -0.2) is 21.0 Å². The van der Waals surface area contributed by atoms with Crippen LogP contribution in [0.2, 0.25) is 5.02 Å². The summed E-state index contributed by atoms with van der Waals surface area (Å²) in [6, 6.07) is 5.58. The standard InChI is InChI=1S/C12H16ClN3O2S/c1-8(2)12(15)7-16-19(17,18)10-4-3-9(6-14)11(13)5-10/h3-5,8,12,16H,7,15H2,1-2H3/t12-/m1/s1. The highest BCUT2D eigenvalue weighted by atomic mass is 35.5. The van der Waals surface area contributed by atoms with Crippen LogP contribution in [0, 0.1) is 17.2 Å². The van der Waals surface area contributed by atoms with E-state index in [-0.39, 0.29) is 34.0 Å². The minimum absolute atomic E-state index is 0.0208. The maximum atomic E-state index is 12.0. The number of halogens is 1. The topological polar surface area (TPSA) is 96.0 Å². The highest BCUT2D eigenvalue weighted by Crippen LogP contribution is 2.20. The fourth-order valence-corrected chi connectivity index (χ4v) is 2.66. The lowest BCUT2D eigenvalue weighted by atomic mass is 10.1. The van der Waals surface area contributed by atoms with Crippen molar-refractivity contribution in [1.82, 2.24) is 4.72 Å². The molecule has 0 aliphatic carbocycles. The van der Waals surface area contributed by atoms with Gasteiger partial charge >= 0.3 is 0 Å². The minimum Gasteiger partial charge on any atom is -0.326 e.